The molecule has 1 N–H and O–H groups in total. The lowest BCUT2D eigenvalue weighted by Crippen LogP contribution is -2.49. The van der Waals surface area contributed by atoms with Gasteiger partial charge in [-0.3, -0.25) is 0 Å². The molecule has 0 spiro atoms. The normalized spacial score (nSPS) is 27.3. The van der Waals surface area contributed by atoms with Crippen molar-refractivity contribution in [2.24, 2.45) is 5.92 Å². The van der Waals surface area contributed by atoms with Crippen LogP contribution in [0, 0.1) is 5.92 Å². The topological polar surface area (TPSA) is 66.4 Å². The Balaban J connectivity index is 1.24. The molecule has 0 aliphatic carbocycles. The molecule has 0 saturated carbocycles. The maximum atomic E-state index is 11.7. The first-order valence-corrected chi connectivity index (χ1v) is 22.4. The third kappa shape index (κ3) is 9.27. The van der Waals surface area contributed by atoms with Crippen molar-refractivity contribution in [1.82, 2.24) is 0 Å². The lowest BCUT2D eigenvalue weighted by molar-refractivity contribution is -0.311. The molecule has 2 aromatic rings. The fraction of sp³-hybridized carbons (Fsp3) is 0.684. The van der Waals surface area contributed by atoms with Crippen molar-refractivity contribution in [3.8, 4) is 0 Å². The molecule has 262 valence electrons. The average Bonchev–Trinajstić information content (AvgIpc) is 3.44. The summed E-state index contributed by atoms with van der Waals surface area (Å²) >= 11 is 3.97. The fourth-order valence-corrected chi connectivity index (χ4v) is 11.4. The molecule has 3 saturated heterocycles. The van der Waals surface area contributed by atoms with Crippen LogP contribution in [0.25, 0.3) is 0 Å². The van der Waals surface area contributed by atoms with Gasteiger partial charge in [0.2, 0.25) is 5.79 Å². The van der Waals surface area contributed by atoms with Crippen LogP contribution >= 0.6 is 23.5 Å². The Hall–Kier alpha value is -0.883. The minimum Gasteiger partial charge on any atom is -0.416 e. The number of thioether (sulfide) groups is 2. The van der Waals surface area contributed by atoms with Crippen molar-refractivity contribution in [3.63, 3.8) is 0 Å². The molecule has 3 aliphatic heterocycles. The zero-order chi connectivity index (χ0) is 33.9. The Bertz CT molecular complexity index is 1220. The van der Waals surface area contributed by atoms with E-state index in [0.29, 0.717) is 26.1 Å². The van der Waals surface area contributed by atoms with Crippen LogP contribution in [0.4, 0.5) is 0 Å². The number of aliphatic hydroxyl groups excluding tert-OH is 1. The van der Waals surface area contributed by atoms with Gasteiger partial charge in [-0.2, -0.15) is 0 Å². The summed E-state index contributed by atoms with van der Waals surface area (Å²) in [4.78, 5) is 0. The van der Waals surface area contributed by atoms with Crippen LogP contribution in [-0.2, 0) is 29.2 Å². The largest absolute Gasteiger partial charge is 0.416 e. The highest BCUT2D eigenvalue weighted by molar-refractivity contribution is 8.18. The molecule has 0 aromatic heterocycles. The molecule has 2 aromatic carbocycles. The molecular formula is C38H58O6S2Si. The lowest BCUT2D eigenvalue weighted by Gasteiger charge is -2.45. The Labute approximate surface area is 293 Å². The molecule has 6 nitrogen and oxygen atoms in total. The van der Waals surface area contributed by atoms with Crippen molar-refractivity contribution in [2.45, 2.75) is 132 Å². The summed E-state index contributed by atoms with van der Waals surface area (Å²) in [6.07, 6.45) is 3.36. The first-order chi connectivity index (χ1) is 22.1. The van der Waals surface area contributed by atoms with E-state index in [2.05, 4.69) is 65.1 Å². The van der Waals surface area contributed by atoms with Gasteiger partial charge in [-0.15, -0.1) is 23.5 Å². The van der Waals surface area contributed by atoms with Crippen LogP contribution < -0.4 is 0 Å². The van der Waals surface area contributed by atoms with Crippen molar-refractivity contribution >= 4 is 31.8 Å². The van der Waals surface area contributed by atoms with Gasteiger partial charge >= 0.3 is 0 Å². The predicted octanol–water partition coefficient (Wildman–Crippen LogP) is 8.97. The molecule has 3 aliphatic rings. The minimum atomic E-state index is -1.86. The molecule has 3 heterocycles. The second kappa shape index (κ2) is 15.2. The number of aliphatic hydroxyl groups is 1. The van der Waals surface area contributed by atoms with Crippen LogP contribution in [-0.4, -0.2) is 72.4 Å². The van der Waals surface area contributed by atoms with Gasteiger partial charge in [0.1, 0.15) is 0 Å². The molecule has 0 bridgehead atoms. The Morgan fingerprint density at radius 1 is 0.915 bits per heavy atom. The maximum absolute atomic E-state index is 11.7. The van der Waals surface area contributed by atoms with Gasteiger partial charge in [-0.25, -0.2) is 0 Å². The molecule has 0 unspecified atom stereocenters. The minimum absolute atomic E-state index is 0.0150. The van der Waals surface area contributed by atoms with Gasteiger partial charge in [0.25, 0.3) is 0 Å². The lowest BCUT2D eigenvalue weighted by atomic mass is 9.93. The first kappa shape index (κ1) is 37.4. The summed E-state index contributed by atoms with van der Waals surface area (Å²) in [6, 6.07) is 20.5. The van der Waals surface area contributed by atoms with E-state index in [1.807, 2.05) is 73.8 Å². The van der Waals surface area contributed by atoms with Crippen LogP contribution in [0.3, 0.4) is 0 Å². The van der Waals surface area contributed by atoms with E-state index >= 15 is 0 Å². The molecule has 5 rings (SSSR count). The average molecular weight is 703 g/mol. The number of benzene rings is 2. The Kier molecular flexibility index (Phi) is 12.1. The van der Waals surface area contributed by atoms with Crippen LogP contribution in [0.2, 0.25) is 18.1 Å². The number of rotatable bonds is 12. The summed E-state index contributed by atoms with van der Waals surface area (Å²) in [5.41, 5.74) is 2.01. The van der Waals surface area contributed by atoms with Crippen LogP contribution in [0.15, 0.2) is 60.7 Å². The first-order valence-electron chi connectivity index (χ1n) is 17.5. The second-order valence-electron chi connectivity index (χ2n) is 15.7. The summed E-state index contributed by atoms with van der Waals surface area (Å²) in [7, 11) is -1.86. The molecule has 9 heteroatoms. The van der Waals surface area contributed by atoms with E-state index in [1.54, 1.807) is 0 Å². The number of hydrogen-bond acceptors (Lipinski definition) is 8. The van der Waals surface area contributed by atoms with Gasteiger partial charge in [-0.1, -0.05) is 88.4 Å². The predicted molar refractivity (Wildman–Crippen MR) is 197 cm³/mol. The maximum Gasteiger partial charge on any atom is 0.222 e. The molecule has 0 radical (unpaired) electrons. The highest BCUT2D eigenvalue weighted by Gasteiger charge is 2.49. The Morgan fingerprint density at radius 3 is 2.09 bits per heavy atom. The monoisotopic (exact) mass is 702 g/mol. The molecule has 5 atom stereocenters. The van der Waals surface area contributed by atoms with E-state index in [-0.39, 0.29) is 33.3 Å². The molecule has 0 amide bonds. The second-order valence-corrected chi connectivity index (χ2v) is 23.8. The summed E-state index contributed by atoms with van der Waals surface area (Å²) in [5.74, 6) is 0.766. The molecular weight excluding hydrogens is 645 g/mol. The smallest absolute Gasteiger partial charge is 0.222 e. The summed E-state index contributed by atoms with van der Waals surface area (Å²) in [6.45, 7) is 18.9. The van der Waals surface area contributed by atoms with Crippen LogP contribution in [0.5, 0.6) is 0 Å². The van der Waals surface area contributed by atoms with E-state index in [9.17, 15) is 5.11 Å². The third-order valence-electron chi connectivity index (χ3n) is 10.3. The standard InChI is InChI=1S/C38H58O6S2Si/c1-28(26-41-47(7,8)35(2,3)4)34-23-32(42-36(5,6)44-34)22-31(39)24-37(45-20-15-21-46-37)25-33-27-40-38(43-33,29-16-11-9-12-17-29)30-18-13-10-14-19-30/h9-14,16-19,28,31-34,39H,15,20-27H2,1-8H3/t28-,31-,32+,33+,34+/m0/s1. The summed E-state index contributed by atoms with van der Waals surface area (Å²) in [5, 5.41) is 11.9. The van der Waals surface area contributed by atoms with E-state index < -0.39 is 26.0 Å². The molecule has 47 heavy (non-hydrogen) atoms. The van der Waals surface area contributed by atoms with E-state index in [0.717, 1.165) is 35.5 Å². The van der Waals surface area contributed by atoms with Gasteiger partial charge in [0.05, 0.1) is 35.1 Å². The van der Waals surface area contributed by atoms with Crippen LogP contribution in [0.1, 0.15) is 84.8 Å². The Morgan fingerprint density at radius 2 is 1.51 bits per heavy atom. The van der Waals surface area contributed by atoms with Gasteiger partial charge in [-0.05, 0) is 69.2 Å². The highest BCUT2D eigenvalue weighted by atomic mass is 32.2. The zero-order valence-electron chi connectivity index (χ0n) is 29.8. The third-order valence-corrected chi connectivity index (χ3v) is 18.2. The van der Waals surface area contributed by atoms with Crippen molar-refractivity contribution in [1.29, 1.82) is 0 Å². The van der Waals surface area contributed by atoms with Gasteiger partial charge < -0.3 is 28.5 Å². The van der Waals surface area contributed by atoms with Gasteiger partial charge in [0.15, 0.2) is 14.1 Å². The van der Waals surface area contributed by atoms with Crippen molar-refractivity contribution < 1.29 is 28.5 Å². The summed E-state index contributed by atoms with van der Waals surface area (Å²) < 4.78 is 32.8. The fourth-order valence-electron chi connectivity index (χ4n) is 6.73. The van der Waals surface area contributed by atoms with E-state index in [1.165, 1.54) is 6.42 Å². The highest BCUT2D eigenvalue weighted by Crippen LogP contribution is 2.52. The van der Waals surface area contributed by atoms with Gasteiger partial charge in [0, 0.05) is 30.1 Å². The number of ether oxygens (including phenoxy) is 4. The SMILES string of the molecule is C[C@@H](CO[Si](C)(C)C(C)(C)C)[C@H]1C[C@@H](C[C@H](O)CC2(C[C@@H]3COC(c4ccccc4)(c4ccccc4)O3)SCCCS2)OC(C)(C)O1. The quantitative estimate of drug-likeness (QED) is 0.220. The number of hydrogen-bond donors (Lipinski definition) is 1. The van der Waals surface area contributed by atoms with Crippen molar-refractivity contribution in [2.75, 3.05) is 24.7 Å². The van der Waals surface area contributed by atoms with E-state index in [4.69, 9.17) is 23.4 Å². The molecule has 3 fully saturated rings. The zero-order valence-corrected chi connectivity index (χ0v) is 32.5. The van der Waals surface area contributed by atoms with Crippen molar-refractivity contribution in [3.05, 3.63) is 71.8 Å².